The summed E-state index contributed by atoms with van der Waals surface area (Å²) in [5, 5.41) is 9.71. The third kappa shape index (κ3) is 5.00. The van der Waals surface area contributed by atoms with E-state index in [1.165, 1.54) is 6.07 Å². The topological polar surface area (TPSA) is 59.0 Å². The predicted octanol–water partition coefficient (Wildman–Crippen LogP) is 2.53. The van der Waals surface area contributed by atoms with Gasteiger partial charge >= 0.3 is 5.97 Å². The van der Waals surface area contributed by atoms with Crippen molar-refractivity contribution in [2.24, 2.45) is 0 Å². The number of hydrogen-bond donors (Lipinski definition) is 1. The van der Waals surface area contributed by atoms with Crippen LogP contribution in [0.15, 0.2) is 18.2 Å². The van der Waals surface area contributed by atoms with Gasteiger partial charge in [-0.1, -0.05) is 11.6 Å². The lowest BCUT2D eigenvalue weighted by Crippen LogP contribution is -2.30. The van der Waals surface area contributed by atoms with Gasteiger partial charge in [0.05, 0.1) is 17.9 Å². The SMILES string of the molecule is COCCCN(CCOC)c1ccc(Cl)cc1C(=O)O. The van der Waals surface area contributed by atoms with Crippen LogP contribution in [-0.2, 0) is 9.47 Å². The minimum atomic E-state index is -0.989. The summed E-state index contributed by atoms with van der Waals surface area (Å²) in [6.07, 6.45) is 0.807. The van der Waals surface area contributed by atoms with Gasteiger partial charge in [-0.3, -0.25) is 0 Å². The van der Waals surface area contributed by atoms with Crippen LogP contribution in [0.4, 0.5) is 5.69 Å². The maximum absolute atomic E-state index is 11.3. The highest BCUT2D eigenvalue weighted by molar-refractivity contribution is 6.31. The Labute approximate surface area is 124 Å². The van der Waals surface area contributed by atoms with Gasteiger partial charge in [0.2, 0.25) is 0 Å². The number of aromatic carboxylic acids is 1. The molecule has 0 aliphatic heterocycles. The fourth-order valence-corrected chi connectivity index (χ4v) is 2.08. The van der Waals surface area contributed by atoms with Crippen LogP contribution in [0.3, 0.4) is 0 Å². The van der Waals surface area contributed by atoms with Gasteiger partial charge in [0, 0.05) is 38.9 Å². The van der Waals surface area contributed by atoms with Gasteiger partial charge in [-0.25, -0.2) is 4.79 Å². The molecule has 0 bridgehead atoms. The Morgan fingerprint density at radius 1 is 1.25 bits per heavy atom. The molecule has 0 aromatic heterocycles. The van der Waals surface area contributed by atoms with Crippen molar-refractivity contribution in [2.75, 3.05) is 45.4 Å². The predicted molar refractivity (Wildman–Crippen MR) is 79.0 cm³/mol. The average molecular weight is 302 g/mol. The normalized spacial score (nSPS) is 10.6. The summed E-state index contributed by atoms with van der Waals surface area (Å²) in [5.74, 6) is -0.989. The van der Waals surface area contributed by atoms with Crippen molar-refractivity contribution in [3.63, 3.8) is 0 Å². The summed E-state index contributed by atoms with van der Waals surface area (Å²) < 4.78 is 10.1. The summed E-state index contributed by atoms with van der Waals surface area (Å²) >= 11 is 5.87. The van der Waals surface area contributed by atoms with Crippen LogP contribution in [0.2, 0.25) is 5.02 Å². The highest BCUT2D eigenvalue weighted by Gasteiger charge is 2.16. The Hall–Kier alpha value is -1.30. The number of carboxylic acids is 1. The number of carboxylic acid groups (broad SMARTS) is 1. The van der Waals surface area contributed by atoms with Crippen molar-refractivity contribution in [2.45, 2.75) is 6.42 Å². The van der Waals surface area contributed by atoms with E-state index in [4.69, 9.17) is 21.1 Å². The summed E-state index contributed by atoms with van der Waals surface area (Å²) in [6.45, 7) is 2.45. The molecule has 5 nitrogen and oxygen atoms in total. The molecule has 0 amide bonds. The number of benzene rings is 1. The van der Waals surface area contributed by atoms with Gasteiger partial charge < -0.3 is 19.5 Å². The third-order valence-electron chi connectivity index (χ3n) is 2.87. The Kier molecular flexibility index (Phi) is 7.36. The van der Waals surface area contributed by atoms with Crippen LogP contribution in [0.25, 0.3) is 0 Å². The van der Waals surface area contributed by atoms with Crippen LogP contribution in [0.5, 0.6) is 0 Å². The third-order valence-corrected chi connectivity index (χ3v) is 3.11. The molecule has 1 aromatic rings. The van der Waals surface area contributed by atoms with Gasteiger partial charge in [0.15, 0.2) is 0 Å². The van der Waals surface area contributed by atoms with Crippen molar-refractivity contribution < 1.29 is 19.4 Å². The van der Waals surface area contributed by atoms with Crippen LogP contribution < -0.4 is 4.90 Å². The molecule has 0 spiro atoms. The molecule has 20 heavy (non-hydrogen) atoms. The van der Waals surface area contributed by atoms with Crippen LogP contribution in [0.1, 0.15) is 16.8 Å². The van der Waals surface area contributed by atoms with Crippen molar-refractivity contribution in [1.29, 1.82) is 0 Å². The summed E-state index contributed by atoms with van der Waals surface area (Å²) in [4.78, 5) is 13.3. The number of halogens is 1. The number of rotatable bonds is 9. The zero-order valence-corrected chi connectivity index (χ0v) is 12.5. The van der Waals surface area contributed by atoms with Crippen molar-refractivity contribution >= 4 is 23.3 Å². The Balaban J connectivity index is 2.95. The van der Waals surface area contributed by atoms with Crippen molar-refractivity contribution in [3.05, 3.63) is 28.8 Å². The van der Waals surface area contributed by atoms with Gasteiger partial charge in [0.25, 0.3) is 0 Å². The standard InChI is InChI=1S/C14H20ClNO4/c1-19-8-3-6-16(7-9-20-2)13-5-4-11(15)10-12(13)14(17)18/h4-5,10H,3,6-9H2,1-2H3,(H,17,18). The number of carbonyl (C=O) groups is 1. The quantitative estimate of drug-likeness (QED) is 0.710. The first-order valence-electron chi connectivity index (χ1n) is 6.35. The number of hydrogen-bond acceptors (Lipinski definition) is 4. The Morgan fingerprint density at radius 2 is 1.95 bits per heavy atom. The molecule has 6 heteroatoms. The lowest BCUT2D eigenvalue weighted by Gasteiger charge is -2.26. The molecule has 0 atom stereocenters. The first kappa shape index (κ1) is 16.8. The number of anilines is 1. The Morgan fingerprint density at radius 3 is 2.55 bits per heavy atom. The first-order valence-corrected chi connectivity index (χ1v) is 6.73. The van der Waals surface area contributed by atoms with E-state index in [0.29, 0.717) is 37.0 Å². The number of methoxy groups -OCH3 is 2. The summed E-state index contributed by atoms with van der Waals surface area (Å²) in [6, 6.07) is 4.89. The summed E-state index contributed by atoms with van der Waals surface area (Å²) in [7, 11) is 3.26. The second kappa shape index (κ2) is 8.79. The molecule has 1 aromatic carbocycles. The maximum Gasteiger partial charge on any atom is 0.337 e. The lowest BCUT2D eigenvalue weighted by molar-refractivity contribution is 0.0697. The molecule has 1 rings (SSSR count). The van der Waals surface area contributed by atoms with E-state index in [1.54, 1.807) is 26.4 Å². The van der Waals surface area contributed by atoms with E-state index in [-0.39, 0.29) is 5.56 Å². The van der Waals surface area contributed by atoms with E-state index in [9.17, 15) is 9.90 Å². The number of nitrogens with zero attached hydrogens (tertiary/aromatic N) is 1. The van der Waals surface area contributed by atoms with E-state index < -0.39 is 5.97 Å². The monoisotopic (exact) mass is 301 g/mol. The van der Waals surface area contributed by atoms with Crippen LogP contribution >= 0.6 is 11.6 Å². The van der Waals surface area contributed by atoms with Gasteiger partial charge in [0.1, 0.15) is 0 Å². The first-order chi connectivity index (χ1) is 9.60. The molecular formula is C14H20ClNO4. The van der Waals surface area contributed by atoms with Crippen molar-refractivity contribution in [3.8, 4) is 0 Å². The lowest BCUT2D eigenvalue weighted by atomic mass is 10.1. The molecule has 0 radical (unpaired) electrons. The minimum absolute atomic E-state index is 0.200. The largest absolute Gasteiger partial charge is 0.478 e. The highest BCUT2D eigenvalue weighted by Crippen LogP contribution is 2.24. The second-order valence-corrected chi connectivity index (χ2v) is 4.73. The zero-order valence-electron chi connectivity index (χ0n) is 11.8. The molecule has 0 heterocycles. The van der Waals surface area contributed by atoms with E-state index >= 15 is 0 Å². The smallest absolute Gasteiger partial charge is 0.337 e. The fourth-order valence-electron chi connectivity index (χ4n) is 1.91. The average Bonchev–Trinajstić information content (AvgIpc) is 2.43. The molecule has 1 N–H and O–H groups in total. The second-order valence-electron chi connectivity index (χ2n) is 4.29. The maximum atomic E-state index is 11.3. The molecule has 0 saturated heterocycles. The van der Waals surface area contributed by atoms with Crippen LogP contribution in [-0.4, -0.2) is 51.6 Å². The molecule has 0 unspecified atom stereocenters. The Bertz CT molecular complexity index is 439. The highest BCUT2D eigenvalue weighted by atomic mass is 35.5. The zero-order chi connectivity index (χ0) is 15.0. The van der Waals surface area contributed by atoms with Crippen molar-refractivity contribution in [1.82, 2.24) is 0 Å². The van der Waals surface area contributed by atoms with E-state index in [2.05, 4.69) is 0 Å². The molecule has 0 saturated carbocycles. The molecule has 0 fully saturated rings. The molecule has 0 aliphatic rings. The van der Waals surface area contributed by atoms with Crippen LogP contribution in [0, 0.1) is 0 Å². The van der Waals surface area contributed by atoms with Gasteiger partial charge in [-0.2, -0.15) is 0 Å². The molecule has 0 aliphatic carbocycles. The molecular weight excluding hydrogens is 282 g/mol. The van der Waals surface area contributed by atoms with E-state index in [0.717, 1.165) is 6.42 Å². The number of ether oxygens (including phenoxy) is 2. The summed E-state index contributed by atoms with van der Waals surface area (Å²) in [5.41, 5.74) is 0.848. The minimum Gasteiger partial charge on any atom is -0.478 e. The fraction of sp³-hybridized carbons (Fsp3) is 0.500. The van der Waals surface area contributed by atoms with Gasteiger partial charge in [-0.05, 0) is 24.6 Å². The molecule has 112 valence electrons. The van der Waals surface area contributed by atoms with Gasteiger partial charge in [-0.15, -0.1) is 0 Å². The van der Waals surface area contributed by atoms with E-state index in [1.807, 2.05) is 4.90 Å².